The van der Waals surface area contributed by atoms with Gasteiger partial charge >= 0.3 is 0 Å². The molecule has 0 saturated carbocycles. The first kappa shape index (κ1) is 21.2. The molecule has 0 unspecified atom stereocenters. The minimum absolute atomic E-state index is 0.105. The number of amides is 1. The van der Waals surface area contributed by atoms with E-state index in [9.17, 15) is 9.59 Å². The van der Waals surface area contributed by atoms with Crippen molar-refractivity contribution in [3.63, 3.8) is 0 Å². The van der Waals surface area contributed by atoms with Gasteiger partial charge in [-0.05, 0) is 67.9 Å². The molecule has 1 fully saturated rings. The Morgan fingerprint density at radius 1 is 1.00 bits per heavy atom. The van der Waals surface area contributed by atoms with Crippen LogP contribution >= 0.6 is 11.6 Å². The molecule has 2 aromatic heterocycles. The number of hydrogen-bond acceptors (Lipinski definition) is 5. The highest BCUT2D eigenvalue weighted by Gasteiger charge is 2.44. The molecule has 0 radical (unpaired) electrons. The zero-order valence-electron chi connectivity index (χ0n) is 18.4. The van der Waals surface area contributed by atoms with Gasteiger partial charge in [-0.3, -0.25) is 14.5 Å². The summed E-state index contributed by atoms with van der Waals surface area (Å²) in [5.41, 5.74) is 1.37. The third-order valence-corrected chi connectivity index (χ3v) is 7.10. The molecular weight excluding hydrogens is 452 g/mol. The number of fused-ring (bicyclic) bond motifs is 2. The fourth-order valence-corrected chi connectivity index (χ4v) is 5.48. The Kier molecular flexibility index (Phi) is 5.27. The van der Waals surface area contributed by atoms with E-state index in [0.29, 0.717) is 28.1 Å². The highest BCUT2D eigenvalue weighted by Crippen LogP contribution is 2.41. The molecule has 4 heterocycles. The SMILES string of the molecule is O=C1c2oc3ccccc3c(=O)c2[C@@H](c2cccc(Cl)c2)N1C[C@H](c1ccco1)N1CCCC1. The smallest absolute Gasteiger partial charge is 0.290 e. The van der Waals surface area contributed by atoms with Crippen molar-refractivity contribution in [2.24, 2.45) is 0 Å². The lowest BCUT2D eigenvalue weighted by Gasteiger charge is -2.33. The van der Waals surface area contributed by atoms with Gasteiger partial charge < -0.3 is 13.7 Å². The summed E-state index contributed by atoms with van der Waals surface area (Å²) in [5.74, 6) is 0.617. The van der Waals surface area contributed by atoms with E-state index < -0.39 is 6.04 Å². The van der Waals surface area contributed by atoms with E-state index >= 15 is 0 Å². The summed E-state index contributed by atoms with van der Waals surface area (Å²) in [6, 6.07) is 17.5. The van der Waals surface area contributed by atoms with Crippen molar-refractivity contribution < 1.29 is 13.6 Å². The van der Waals surface area contributed by atoms with Crippen LogP contribution in [-0.4, -0.2) is 35.3 Å². The maximum atomic E-state index is 13.8. The predicted octanol–water partition coefficient (Wildman–Crippen LogP) is 5.42. The Balaban J connectivity index is 1.51. The van der Waals surface area contributed by atoms with Crippen molar-refractivity contribution in [3.8, 4) is 0 Å². The molecule has 0 N–H and O–H groups in total. The monoisotopic (exact) mass is 474 g/mol. The summed E-state index contributed by atoms with van der Waals surface area (Å²) in [5, 5.41) is 1.01. The molecule has 1 amide bonds. The second-order valence-corrected chi connectivity index (χ2v) is 9.30. The second-order valence-electron chi connectivity index (χ2n) is 8.86. The van der Waals surface area contributed by atoms with Gasteiger partial charge in [-0.15, -0.1) is 0 Å². The fraction of sp³-hybridized carbons (Fsp3) is 0.259. The maximum absolute atomic E-state index is 13.8. The molecule has 4 aromatic rings. The fourth-order valence-electron chi connectivity index (χ4n) is 5.28. The number of rotatable bonds is 5. The quantitative estimate of drug-likeness (QED) is 0.386. The van der Waals surface area contributed by atoms with Crippen LogP contribution in [0.15, 0.2) is 80.6 Å². The number of carbonyl (C=O) groups excluding carboxylic acids is 1. The second kappa shape index (κ2) is 8.46. The van der Waals surface area contributed by atoms with E-state index in [1.165, 1.54) is 0 Å². The summed E-state index contributed by atoms with van der Waals surface area (Å²) in [6.07, 6.45) is 3.87. The average molecular weight is 475 g/mol. The summed E-state index contributed by atoms with van der Waals surface area (Å²) < 4.78 is 11.8. The Morgan fingerprint density at radius 2 is 1.82 bits per heavy atom. The summed E-state index contributed by atoms with van der Waals surface area (Å²) >= 11 is 6.33. The number of para-hydroxylation sites is 1. The van der Waals surface area contributed by atoms with Gasteiger partial charge in [0.15, 0.2) is 5.43 Å². The van der Waals surface area contributed by atoms with E-state index in [0.717, 1.165) is 37.3 Å². The largest absolute Gasteiger partial charge is 0.468 e. The van der Waals surface area contributed by atoms with Gasteiger partial charge in [0.1, 0.15) is 11.3 Å². The standard InChI is InChI=1S/C27H23ClN2O4/c28-18-8-5-7-17(15-18)24-23-25(31)19-9-1-2-10-21(19)34-26(23)27(32)30(24)16-20(22-11-6-14-33-22)29-12-3-4-13-29/h1-2,5-11,14-15,20,24H,3-4,12-13,16H2/t20-,24-/m1/s1. The molecule has 34 heavy (non-hydrogen) atoms. The van der Waals surface area contributed by atoms with Gasteiger partial charge in [-0.2, -0.15) is 0 Å². The van der Waals surface area contributed by atoms with E-state index in [-0.39, 0.29) is 23.1 Å². The molecule has 1 saturated heterocycles. The predicted molar refractivity (Wildman–Crippen MR) is 129 cm³/mol. The normalized spacial score (nSPS) is 19.1. The van der Waals surface area contributed by atoms with Crippen LogP contribution in [0.2, 0.25) is 5.02 Å². The Bertz CT molecular complexity index is 1420. The van der Waals surface area contributed by atoms with Crippen molar-refractivity contribution in [1.29, 1.82) is 0 Å². The zero-order valence-corrected chi connectivity index (χ0v) is 19.2. The van der Waals surface area contributed by atoms with Crippen molar-refractivity contribution >= 4 is 28.5 Å². The molecule has 2 aliphatic heterocycles. The number of likely N-dealkylation sites (tertiary alicyclic amines) is 1. The Morgan fingerprint density at radius 3 is 2.59 bits per heavy atom. The van der Waals surface area contributed by atoms with Gasteiger partial charge in [0, 0.05) is 11.6 Å². The number of benzene rings is 2. The van der Waals surface area contributed by atoms with E-state index in [4.69, 9.17) is 20.4 Å². The van der Waals surface area contributed by atoms with Crippen LogP contribution in [0.1, 0.15) is 52.4 Å². The van der Waals surface area contributed by atoms with Crippen molar-refractivity contribution in [2.45, 2.75) is 24.9 Å². The van der Waals surface area contributed by atoms with Gasteiger partial charge in [-0.25, -0.2) is 0 Å². The van der Waals surface area contributed by atoms with E-state index in [1.54, 1.807) is 41.5 Å². The van der Waals surface area contributed by atoms with Crippen LogP contribution in [0.3, 0.4) is 0 Å². The molecule has 0 spiro atoms. The first-order valence-corrected chi connectivity index (χ1v) is 11.9. The Labute approximate surface area is 201 Å². The number of halogens is 1. The molecule has 0 aliphatic carbocycles. The van der Waals surface area contributed by atoms with E-state index in [1.807, 2.05) is 30.3 Å². The maximum Gasteiger partial charge on any atom is 0.290 e. The first-order chi connectivity index (χ1) is 16.6. The molecule has 6 rings (SSSR count). The van der Waals surface area contributed by atoms with Gasteiger partial charge in [0.25, 0.3) is 5.91 Å². The number of hydrogen-bond donors (Lipinski definition) is 0. The van der Waals surface area contributed by atoms with Crippen LogP contribution in [-0.2, 0) is 0 Å². The highest BCUT2D eigenvalue weighted by molar-refractivity contribution is 6.30. The third-order valence-electron chi connectivity index (χ3n) is 6.86. The number of carbonyl (C=O) groups is 1. The van der Waals surface area contributed by atoms with E-state index in [2.05, 4.69) is 4.90 Å². The van der Waals surface area contributed by atoms with Crippen LogP contribution in [0.5, 0.6) is 0 Å². The zero-order chi connectivity index (χ0) is 23.2. The first-order valence-electron chi connectivity index (χ1n) is 11.5. The summed E-state index contributed by atoms with van der Waals surface area (Å²) in [6.45, 7) is 2.23. The topological polar surface area (TPSA) is 66.9 Å². The van der Waals surface area contributed by atoms with Gasteiger partial charge in [0.05, 0.1) is 29.3 Å². The van der Waals surface area contributed by atoms with Crippen LogP contribution < -0.4 is 5.43 Å². The highest BCUT2D eigenvalue weighted by atomic mass is 35.5. The summed E-state index contributed by atoms with van der Waals surface area (Å²) in [7, 11) is 0. The minimum atomic E-state index is -0.595. The van der Waals surface area contributed by atoms with Crippen molar-refractivity contribution in [1.82, 2.24) is 9.80 Å². The van der Waals surface area contributed by atoms with Crippen LogP contribution in [0.4, 0.5) is 0 Å². The summed E-state index contributed by atoms with van der Waals surface area (Å²) in [4.78, 5) is 31.5. The third kappa shape index (κ3) is 3.45. The molecular formula is C27H23ClN2O4. The molecule has 2 atom stereocenters. The lowest BCUT2D eigenvalue weighted by atomic mass is 9.98. The van der Waals surface area contributed by atoms with Crippen LogP contribution in [0, 0.1) is 0 Å². The van der Waals surface area contributed by atoms with Gasteiger partial charge in [-0.1, -0.05) is 35.9 Å². The minimum Gasteiger partial charge on any atom is -0.468 e. The van der Waals surface area contributed by atoms with Crippen molar-refractivity contribution in [3.05, 3.63) is 105 Å². The lowest BCUT2D eigenvalue weighted by Crippen LogP contribution is -2.39. The number of furan rings is 1. The molecule has 2 aromatic carbocycles. The number of nitrogens with zero attached hydrogens (tertiary/aromatic N) is 2. The van der Waals surface area contributed by atoms with Gasteiger partial charge in [0.2, 0.25) is 5.76 Å². The average Bonchev–Trinajstić information content (AvgIpc) is 3.60. The lowest BCUT2D eigenvalue weighted by molar-refractivity contribution is 0.0644. The molecule has 7 heteroatoms. The van der Waals surface area contributed by atoms with Crippen LogP contribution in [0.25, 0.3) is 11.0 Å². The molecule has 0 bridgehead atoms. The molecule has 2 aliphatic rings. The Hall–Kier alpha value is -3.35. The molecule has 172 valence electrons. The van der Waals surface area contributed by atoms with Crippen molar-refractivity contribution in [2.75, 3.05) is 19.6 Å². The molecule has 6 nitrogen and oxygen atoms in total.